The SMILES string of the molecule is CCCCCCCCCCCCCCCCNC(=O)CCC(=O)OC(CCCNS(=O)(=O)c1ccc([N+](=O)[O-])cc1)C(=O)NCCN1CCC(NC(=O)C(=O)Nc2ccc(Cl)cc2)CC12CCCCC2. The van der Waals surface area contributed by atoms with Gasteiger partial charge in [0.2, 0.25) is 15.9 Å². The Kier molecular flexibility index (Phi) is 26.2. The third-order valence-corrected chi connectivity index (χ3v) is 15.2. The monoisotopic (exact) mass is 1020 g/mol. The van der Waals surface area contributed by atoms with E-state index in [1.807, 2.05) is 0 Å². The number of non-ortho nitro benzene ring substituents is 1. The van der Waals surface area contributed by atoms with E-state index in [2.05, 4.69) is 37.8 Å². The Labute approximate surface area is 420 Å². The molecule has 2 aliphatic rings. The topological polar surface area (TPSA) is 235 Å². The summed E-state index contributed by atoms with van der Waals surface area (Å²) in [6.45, 7) is 3.98. The lowest BCUT2D eigenvalue weighted by Crippen LogP contribution is -2.60. The molecule has 70 heavy (non-hydrogen) atoms. The molecule has 4 amide bonds. The van der Waals surface area contributed by atoms with Crippen molar-refractivity contribution in [1.82, 2.24) is 25.6 Å². The van der Waals surface area contributed by atoms with Crippen LogP contribution in [0.4, 0.5) is 11.4 Å². The van der Waals surface area contributed by atoms with Crippen LogP contribution in [0.25, 0.3) is 0 Å². The molecular weight excluding hydrogens is 938 g/mol. The predicted molar refractivity (Wildman–Crippen MR) is 272 cm³/mol. The number of amides is 4. The summed E-state index contributed by atoms with van der Waals surface area (Å²) < 4.78 is 33.9. The van der Waals surface area contributed by atoms with Gasteiger partial charge in [-0.15, -0.1) is 0 Å². The molecule has 1 aliphatic heterocycles. The summed E-state index contributed by atoms with van der Waals surface area (Å²) in [7, 11) is -4.03. The van der Waals surface area contributed by atoms with Crippen LogP contribution in [0.5, 0.6) is 0 Å². The fourth-order valence-electron chi connectivity index (χ4n) is 9.48. The van der Waals surface area contributed by atoms with Crippen LogP contribution in [0.1, 0.15) is 167 Å². The van der Waals surface area contributed by atoms with Crippen molar-refractivity contribution in [3.05, 3.63) is 63.7 Å². The first-order valence-corrected chi connectivity index (χ1v) is 27.7. The summed E-state index contributed by atoms with van der Waals surface area (Å²) in [6, 6.07) is 10.7. The van der Waals surface area contributed by atoms with Crippen LogP contribution in [0.2, 0.25) is 5.02 Å². The number of carbonyl (C=O) groups excluding carboxylic acids is 5. The van der Waals surface area contributed by atoms with Gasteiger partial charge in [0, 0.05) is 73.6 Å². The molecule has 4 rings (SSSR count). The molecule has 0 radical (unpaired) electrons. The molecule has 1 heterocycles. The highest BCUT2D eigenvalue weighted by molar-refractivity contribution is 7.89. The second-order valence-corrected chi connectivity index (χ2v) is 21.1. The fraction of sp³-hybridized carbons (Fsp3) is 0.667. The Bertz CT molecular complexity index is 2050. The van der Waals surface area contributed by atoms with Crippen molar-refractivity contribution >= 4 is 62.6 Å². The number of halogens is 1. The van der Waals surface area contributed by atoms with E-state index in [4.69, 9.17) is 16.3 Å². The lowest BCUT2D eigenvalue weighted by molar-refractivity contribution is -0.384. The second kappa shape index (κ2) is 31.6. The van der Waals surface area contributed by atoms with Gasteiger partial charge >= 0.3 is 17.8 Å². The Balaban J connectivity index is 1.23. The smallest absolute Gasteiger partial charge is 0.313 e. The van der Waals surface area contributed by atoms with E-state index in [1.165, 1.54) is 70.6 Å². The van der Waals surface area contributed by atoms with Gasteiger partial charge in [0.15, 0.2) is 6.10 Å². The average molecular weight is 1020 g/mol. The van der Waals surface area contributed by atoms with Gasteiger partial charge in [-0.2, -0.15) is 0 Å². The average Bonchev–Trinajstić information content (AvgIpc) is 3.34. The maximum atomic E-state index is 13.7. The number of nitro benzene ring substituents is 1. The summed E-state index contributed by atoms with van der Waals surface area (Å²) in [5, 5.41) is 22.9. The zero-order valence-corrected chi connectivity index (χ0v) is 42.8. The van der Waals surface area contributed by atoms with Crippen LogP contribution in [0, 0.1) is 10.1 Å². The lowest BCUT2D eigenvalue weighted by atomic mass is 9.73. The van der Waals surface area contributed by atoms with Gasteiger partial charge in [-0.1, -0.05) is 121 Å². The van der Waals surface area contributed by atoms with Crippen LogP contribution >= 0.6 is 11.6 Å². The summed E-state index contributed by atoms with van der Waals surface area (Å²) in [5.74, 6) is -3.05. The van der Waals surface area contributed by atoms with Crippen LogP contribution in [-0.4, -0.2) is 98.2 Å². The minimum Gasteiger partial charge on any atom is -0.452 e. The van der Waals surface area contributed by atoms with Gasteiger partial charge in [-0.25, -0.2) is 13.1 Å². The van der Waals surface area contributed by atoms with Gasteiger partial charge in [-0.05, 0) is 81.3 Å². The van der Waals surface area contributed by atoms with E-state index in [9.17, 15) is 42.5 Å². The molecule has 2 aromatic carbocycles. The first-order chi connectivity index (χ1) is 33.7. The zero-order chi connectivity index (χ0) is 50.6. The number of nitro groups is 1. The number of benzene rings is 2. The first kappa shape index (κ1) is 57.9. The highest BCUT2D eigenvalue weighted by Gasteiger charge is 2.43. The Morgan fingerprint density at radius 1 is 0.771 bits per heavy atom. The number of nitrogens with one attached hydrogen (secondary N) is 5. The van der Waals surface area contributed by atoms with E-state index in [-0.39, 0.29) is 66.8 Å². The first-order valence-electron chi connectivity index (χ1n) is 25.8. The van der Waals surface area contributed by atoms with Gasteiger partial charge in [0.25, 0.3) is 11.6 Å². The number of likely N-dealkylation sites (tertiary alicyclic amines) is 1. The molecule has 2 fully saturated rings. The third kappa shape index (κ3) is 21.4. The van der Waals surface area contributed by atoms with Crippen molar-refractivity contribution in [1.29, 1.82) is 0 Å². The van der Waals surface area contributed by atoms with Crippen LogP contribution in [0.15, 0.2) is 53.4 Å². The van der Waals surface area contributed by atoms with Gasteiger partial charge in [0.1, 0.15) is 0 Å². The normalized spacial score (nSPS) is 16.2. The molecule has 0 bridgehead atoms. The van der Waals surface area contributed by atoms with Crippen molar-refractivity contribution in [3.63, 3.8) is 0 Å². The van der Waals surface area contributed by atoms with Crippen molar-refractivity contribution in [2.24, 2.45) is 0 Å². The number of carbonyl (C=O) groups is 5. The number of piperidine rings is 1. The van der Waals surface area contributed by atoms with Gasteiger partial charge < -0.3 is 26.0 Å². The van der Waals surface area contributed by atoms with Crippen LogP contribution < -0.4 is 26.0 Å². The second-order valence-electron chi connectivity index (χ2n) is 18.9. The maximum Gasteiger partial charge on any atom is 0.313 e. The largest absolute Gasteiger partial charge is 0.452 e. The van der Waals surface area contributed by atoms with Gasteiger partial charge in [-0.3, -0.25) is 39.0 Å². The molecule has 19 heteroatoms. The number of anilines is 1. The van der Waals surface area contributed by atoms with E-state index < -0.39 is 44.7 Å². The number of unbranched alkanes of at least 4 members (excludes halogenated alkanes) is 13. The summed E-state index contributed by atoms with van der Waals surface area (Å²) in [6.07, 6.45) is 21.9. The van der Waals surface area contributed by atoms with Crippen molar-refractivity contribution in [2.75, 3.05) is 38.0 Å². The molecule has 1 saturated heterocycles. The lowest BCUT2D eigenvalue weighted by Gasteiger charge is -2.52. The number of rotatable bonds is 32. The standard InChI is InChI=1S/C51H78ClN7O10S/c1-2-3-4-5-6-7-8-9-10-11-12-13-14-18-34-53-46(60)29-30-47(61)69-45(20-19-35-55-70(67,68)44-27-25-43(26-28-44)59(65)66)48(62)54-36-38-58-37-31-42(39-51(58)32-16-15-17-33-51)57-50(64)49(63)56-41-23-21-40(52)22-24-41/h21-28,42,45,55H,2-20,29-39H2,1H3,(H,53,60)(H,54,62)(H,56,63)(H,57,64). The highest BCUT2D eigenvalue weighted by atomic mass is 35.5. The third-order valence-electron chi connectivity index (χ3n) is 13.4. The Hall–Kier alpha value is -4.65. The molecule has 1 aliphatic carbocycles. The number of sulfonamides is 1. The molecule has 2 unspecified atom stereocenters. The molecule has 1 saturated carbocycles. The molecule has 2 atom stereocenters. The number of hydrogen-bond acceptors (Lipinski definition) is 11. The molecule has 5 N–H and O–H groups in total. The van der Waals surface area contributed by atoms with E-state index in [0.717, 1.165) is 75.6 Å². The molecule has 1 spiro atoms. The van der Waals surface area contributed by atoms with Crippen molar-refractivity contribution in [3.8, 4) is 0 Å². The summed E-state index contributed by atoms with van der Waals surface area (Å²) >= 11 is 5.95. The number of ether oxygens (including phenoxy) is 1. The van der Waals surface area contributed by atoms with Gasteiger partial charge in [0.05, 0.1) is 16.2 Å². The van der Waals surface area contributed by atoms with Crippen molar-refractivity contribution in [2.45, 2.75) is 190 Å². The fourth-order valence-corrected chi connectivity index (χ4v) is 10.7. The van der Waals surface area contributed by atoms with Crippen LogP contribution in [-0.2, 0) is 38.7 Å². The Morgan fingerprint density at radius 3 is 2.00 bits per heavy atom. The minimum atomic E-state index is -4.03. The Morgan fingerprint density at radius 2 is 1.39 bits per heavy atom. The van der Waals surface area contributed by atoms with E-state index in [0.29, 0.717) is 43.2 Å². The molecule has 2 aromatic rings. The molecular formula is C51H78ClN7O10S. The van der Waals surface area contributed by atoms with E-state index in [1.54, 1.807) is 24.3 Å². The number of esters is 1. The molecule has 17 nitrogen and oxygen atoms in total. The number of nitrogens with zero attached hydrogens (tertiary/aromatic N) is 2. The predicted octanol–water partition coefficient (Wildman–Crippen LogP) is 8.63. The molecule has 390 valence electrons. The summed E-state index contributed by atoms with van der Waals surface area (Å²) in [4.78, 5) is 77.7. The summed E-state index contributed by atoms with van der Waals surface area (Å²) in [5.41, 5.74) is -0.0398. The maximum absolute atomic E-state index is 13.7. The van der Waals surface area contributed by atoms with E-state index >= 15 is 0 Å². The highest BCUT2D eigenvalue weighted by Crippen LogP contribution is 2.40. The van der Waals surface area contributed by atoms with Crippen LogP contribution in [0.3, 0.4) is 0 Å². The quantitative estimate of drug-likeness (QED) is 0.0153. The minimum absolute atomic E-state index is 0.0215. The number of hydrogen-bond donors (Lipinski definition) is 5. The zero-order valence-electron chi connectivity index (χ0n) is 41.2. The van der Waals surface area contributed by atoms with Crippen molar-refractivity contribution < 1.29 is 42.1 Å². The molecule has 0 aromatic heterocycles.